The molecule has 0 unspecified atom stereocenters. The second kappa shape index (κ2) is 5.53. The highest BCUT2D eigenvalue weighted by molar-refractivity contribution is 5.60. The first-order chi connectivity index (χ1) is 7.60. The molecule has 0 bridgehead atoms. The van der Waals surface area contributed by atoms with Gasteiger partial charge in [0.2, 0.25) is 0 Å². The number of anilines is 1. The number of nitriles is 1. The molecule has 1 N–H and O–H groups in total. The average molecular weight is 217 g/mol. The Bertz CT molecular complexity index is 391. The van der Waals surface area contributed by atoms with Crippen LogP contribution in [0, 0.1) is 11.3 Å². The Morgan fingerprint density at radius 1 is 1.44 bits per heavy atom. The van der Waals surface area contributed by atoms with Crippen LogP contribution >= 0.6 is 0 Å². The fourth-order valence-corrected chi connectivity index (χ4v) is 1.57. The van der Waals surface area contributed by atoms with Crippen molar-refractivity contribution >= 4 is 5.69 Å². The minimum Gasteiger partial charge on any atom is -0.371 e. The van der Waals surface area contributed by atoms with Crippen molar-refractivity contribution in [3.8, 4) is 6.07 Å². The van der Waals surface area contributed by atoms with E-state index in [0.717, 1.165) is 23.4 Å². The molecule has 3 nitrogen and oxygen atoms in total. The van der Waals surface area contributed by atoms with Crippen LogP contribution in [0.4, 0.5) is 5.69 Å². The molecular formula is C13H19N3. The maximum atomic E-state index is 9.14. The van der Waals surface area contributed by atoms with Crippen LogP contribution in [0.2, 0.25) is 0 Å². The lowest BCUT2D eigenvalue weighted by Gasteiger charge is -2.25. The van der Waals surface area contributed by atoms with Crippen LogP contribution in [0.5, 0.6) is 0 Å². The predicted molar refractivity (Wildman–Crippen MR) is 67.5 cm³/mol. The van der Waals surface area contributed by atoms with Gasteiger partial charge in [0.15, 0.2) is 0 Å². The van der Waals surface area contributed by atoms with E-state index in [2.05, 4.69) is 36.2 Å². The number of hydrogen-bond acceptors (Lipinski definition) is 3. The summed E-state index contributed by atoms with van der Waals surface area (Å²) in [6.07, 6.45) is 0. The summed E-state index contributed by atoms with van der Waals surface area (Å²) in [4.78, 5) is 2.11. The molecule has 0 saturated heterocycles. The van der Waals surface area contributed by atoms with Gasteiger partial charge in [-0.1, -0.05) is 6.07 Å². The molecule has 0 aliphatic carbocycles. The highest BCUT2D eigenvalue weighted by atomic mass is 15.1. The number of nitrogens with one attached hydrogen (secondary N) is 1. The van der Waals surface area contributed by atoms with Crippen molar-refractivity contribution in [2.45, 2.75) is 26.4 Å². The number of hydrogen-bond donors (Lipinski definition) is 1. The zero-order valence-electron chi connectivity index (χ0n) is 10.4. The Morgan fingerprint density at radius 3 is 2.62 bits per heavy atom. The number of benzene rings is 1. The molecule has 1 aromatic rings. The molecule has 0 saturated carbocycles. The monoisotopic (exact) mass is 217 g/mol. The van der Waals surface area contributed by atoms with E-state index < -0.39 is 0 Å². The zero-order valence-corrected chi connectivity index (χ0v) is 10.4. The van der Waals surface area contributed by atoms with Gasteiger partial charge in [0, 0.05) is 19.6 Å². The molecule has 1 rings (SSSR count). The highest BCUT2D eigenvalue weighted by Crippen LogP contribution is 2.22. The van der Waals surface area contributed by atoms with Crippen molar-refractivity contribution in [1.29, 1.82) is 5.26 Å². The molecule has 16 heavy (non-hydrogen) atoms. The van der Waals surface area contributed by atoms with Gasteiger partial charge in [-0.15, -0.1) is 0 Å². The van der Waals surface area contributed by atoms with Gasteiger partial charge in [-0.25, -0.2) is 0 Å². The summed E-state index contributed by atoms with van der Waals surface area (Å²) in [7, 11) is 3.92. The van der Waals surface area contributed by atoms with E-state index in [4.69, 9.17) is 5.26 Å². The van der Waals surface area contributed by atoms with Crippen LogP contribution in [0.15, 0.2) is 18.2 Å². The normalized spacial score (nSPS) is 10.2. The lowest BCUT2D eigenvalue weighted by atomic mass is 10.1. The van der Waals surface area contributed by atoms with Gasteiger partial charge in [-0.2, -0.15) is 5.26 Å². The molecule has 1 aromatic carbocycles. The molecule has 3 heteroatoms. The van der Waals surface area contributed by atoms with Crippen molar-refractivity contribution in [2.75, 3.05) is 19.0 Å². The second-order valence-corrected chi connectivity index (χ2v) is 4.20. The third-order valence-corrected chi connectivity index (χ3v) is 2.72. The fourth-order valence-electron chi connectivity index (χ4n) is 1.57. The first-order valence-corrected chi connectivity index (χ1v) is 5.50. The average Bonchev–Trinajstić information content (AvgIpc) is 2.28. The lowest BCUT2D eigenvalue weighted by molar-refractivity contribution is 0.752. The maximum Gasteiger partial charge on any atom is 0.101 e. The van der Waals surface area contributed by atoms with Gasteiger partial charge >= 0.3 is 0 Å². The van der Waals surface area contributed by atoms with E-state index in [-0.39, 0.29) is 0 Å². The lowest BCUT2D eigenvalue weighted by Crippen LogP contribution is -2.26. The Hall–Kier alpha value is -1.53. The minimum atomic E-state index is 0.391. The number of nitrogens with zero attached hydrogens (tertiary/aromatic N) is 2. The molecule has 86 valence electrons. The van der Waals surface area contributed by atoms with Crippen molar-refractivity contribution in [2.24, 2.45) is 0 Å². The summed E-state index contributed by atoms with van der Waals surface area (Å²) in [5.41, 5.74) is 2.88. The molecule has 0 aromatic heterocycles. The molecule has 0 radical (unpaired) electrons. The summed E-state index contributed by atoms with van der Waals surface area (Å²) >= 11 is 0. The van der Waals surface area contributed by atoms with E-state index in [0.29, 0.717) is 6.04 Å². The Labute approximate surface area is 97.7 Å². The quantitative estimate of drug-likeness (QED) is 0.839. The topological polar surface area (TPSA) is 39.1 Å². The van der Waals surface area contributed by atoms with E-state index in [1.165, 1.54) is 0 Å². The van der Waals surface area contributed by atoms with Crippen LogP contribution in [-0.2, 0) is 6.54 Å². The fraction of sp³-hybridized carbons (Fsp3) is 0.462. The molecule has 0 fully saturated rings. The highest BCUT2D eigenvalue weighted by Gasteiger charge is 2.10. The summed E-state index contributed by atoms with van der Waals surface area (Å²) in [5.74, 6) is 0. The standard InChI is InChI=1S/C13H19N3/c1-10(2)16(4)13-6-5-11(9-15-3)7-12(13)8-14/h5-7,10,15H,9H2,1-4H3. The van der Waals surface area contributed by atoms with Crippen molar-refractivity contribution < 1.29 is 0 Å². The van der Waals surface area contributed by atoms with Crippen molar-refractivity contribution in [3.05, 3.63) is 29.3 Å². The third kappa shape index (κ3) is 2.74. The van der Waals surface area contributed by atoms with Gasteiger partial charge in [-0.3, -0.25) is 0 Å². The second-order valence-electron chi connectivity index (χ2n) is 4.20. The van der Waals surface area contributed by atoms with Crippen LogP contribution < -0.4 is 10.2 Å². The summed E-state index contributed by atoms with van der Waals surface area (Å²) in [5, 5.41) is 12.2. The minimum absolute atomic E-state index is 0.391. The van der Waals surface area contributed by atoms with E-state index in [1.54, 1.807) is 0 Å². The summed E-state index contributed by atoms with van der Waals surface area (Å²) < 4.78 is 0. The largest absolute Gasteiger partial charge is 0.371 e. The smallest absolute Gasteiger partial charge is 0.101 e. The Balaban J connectivity index is 3.08. The third-order valence-electron chi connectivity index (χ3n) is 2.72. The first-order valence-electron chi connectivity index (χ1n) is 5.50. The predicted octanol–water partition coefficient (Wildman–Crippen LogP) is 2.12. The van der Waals surface area contributed by atoms with Gasteiger partial charge in [-0.05, 0) is 38.6 Å². The molecule has 0 atom stereocenters. The van der Waals surface area contributed by atoms with E-state index >= 15 is 0 Å². The van der Waals surface area contributed by atoms with Crippen molar-refractivity contribution in [3.63, 3.8) is 0 Å². The van der Waals surface area contributed by atoms with Gasteiger partial charge < -0.3 is 10.2 Å². The van der Waals surface area contributed by atoms with Crippen molar-refractivity contribution in [1.82, 2.24) is 5.32 Å². The molecule has 0 heterocycles. The molecule has 0 aliphatic rings. The van der Waals surface area contributed by atoms with Crippen LogP contribution in [0.3, 0.4) is 0 Å². The van der Waals surface area contributed by atoms with E-state index in [1.807, 2.05) is 26.2 Å². The SMILES string of the molecule is CNCc1ccc(N(C)C(C)C)c(C#N)c1. The Morgan fingerprint density at radius 2 is 2.12 bits per heavy atom. The van der Waals surface area contributed by atoms with Crippen LogP contribution in [0.1, 0.15) is 25.0 Å². The molecular weight excluding hydrogens is 198 g/mol. The van der Waals surface area contributed by atoms with E-state index in [9.17, 15) is 0 Å². The van der Waals surface area contributed by atoms with Gasteiger partial charge in [0.1, 0.15) is 6.07 Å². The van der Waals surface area contributed by atoms with Gasteiger partial charge in [0.05, 0.1) is 11.3 Å². The number of rotatable bonds is 4. The van der Waals surface area contributed by atoms with Crippen LogP contribution in [-0.4, -0.2) is 20.1 Å². The van der Waals surface area contributed by atoms with Gasteiger partial charge in [0.25, 0.3) is 0 Å². The Kier molecular flexibility index (Phi) is 4.33. The summed E-state index contributed by atoms with van der Waals surface area (Å²) in [6.45, 7) is 5.02. The molecule has 0 amide bonds. The first kappa shape index (κ1) is 12.5. The zero-order chi connectivity index (χ0) is 12.1. The van der Waals surface area contributed by atoms with Crippen LogP contribution in [0.25, 0.3) is 0 Å². The summed E-state index contributed by atoms with van der Waals surface area (Å²) in [6, 6.07) is 8.68. The molecule has 0 aliphatic heterocycles. The molecule has 0 spiro atoms. The maximum absolute atomic E-state index is 9.14.